The summed E-state index contributed by atoms with van der Waals surface area (Å²) in [6.45, 7) is 0.164. The Morgan fingerprint density at radius 1 is 1.05 bits per heavy atom. The van der Waals surface area contributed by atoms with Crippen molar-refractivity contribution in [3.63, 3.8) is 0 Å². The van der Waals surface area contributed by atoms with Gasteiger partial charge in [-0.3, -0.25) is 0 Å². The van der Waals surface area contributed by atoms with Crippen LogP contribution in [0.15, 0.2) is 48.5 Å². The highest BCUT2D eigenvalue weighted by molar-refractivity contribution is 5.47. The molecule has 0 fully saturated rings. The van der Waals surface area contributed by atoms with Gasteiger partial charge >= 0.3 is 6.18 Å². The van der Waals surface area contributed by atoms with Gasteiger partial charge in [0.2, 0.25) is 0 Å². The molecule has 0 aliphatic heterocycles. The van der Waals surface area contributed by atoms with Crippen LogP contribution in [0.5, 0.6) is 5.75 Å². The summed E-state index contributed by atoms with van der Waals surface area (Å²) in [6, 6.07) is 12.3. The van der Waals surface area contributed by atoms with Crippen LogP contribution in [0.3, 0.4) is 0 Å². The van der Waals surface area contributed by atoms with Crippen LogP contribution >= 0.6 is 0 Å². The third-order valence-corrected chi connectivity index (χ3v) is 2.70. The predicted molar refractivity (Wildman–Crippen MR) is 70.2 cm³/mol. The number of hydrogen-bond donors (Lipinski definition) is 0. The topological polar surface area (TPSA) is 9.23 Å². The predicted octanol–water partition coefficient (Wildman–Crippen LogP) is 4.27. The standard InChI is InChI=1S/C16H11F3O/c1-2-13-8-9-14(16(17,18)19)10-15(13)20-11-12-6-4-3-5-7-12/h1,3-10H,11H2. The Kier molecular flexibility index (Phi) is 3.99. The van der Waals surface area contributed by atoms with Crippen LogP contribution in [-0.2, 0) is 12.8 Å². The van der Waals surface area contributed by atoms with E-state index in [1.165, 1.54) is 6.07 Å². The second kappa shape index (κ2) is 5.70. The lowest BCUT2D eigenvalue weighted by molar-refractivity contribution is -0.137. The second-order valence-electron chi connectivity index (χ2n) is 4.13. The molecule has 0 unspecified atom stereocenters. The summed E-state index contributed by atoms with van der Waals surface area (Å²) in [4.78, 5) is 0. The van der Waals surface area contributed by atoms with Crippen molar-refractivity contribution in [2.75, 3.05) is 0 Å². The number of halogens is 3. The maximum absolute atomic E-state index is 12.7. The van der Waals surface area contributed by atoms with Crippen molar-refractivity contribution in [2.24, 2.45) is 0 Å². The lowest BCUT2D eigenvalue weighted by Gasteiger charge is -2.12. The summed E-state index contributed by atoms with van der Waals surface area (Å²) in [5.41, 5.74) is 0.376. The molecule has 0 amide bonds. The third-order valence-electron chi connectivity index (χ3n) is 2.70. The van der Waals surface area contributed by atoms with Gasteiger partial charge < -0.3 is 4.74 Å². The van der Waals surface area contributed by atoms with Crippen LogP contribution in [0.4, 0.5) is 13.2 Å². The minimum atomic E-state index is -4.42. The van der Waals surface area contributed by atoms with Crippen molar-refractivity contribution in [2.45, 2.75) is 12.8 Å². The van der Waals surface area contributed by atoms with Crippen molar-refractivity contribution < 1.29 is 17.9 Å². The van der Waals surface area contributed by atoms with Crippen molar-refractivity contribution in [1.29, 1.82) is 0 Å². The highest BCUT2D eigenvalue weighted by atomic mass is 19.4. The smallest absolute Gasteiger partial charge is 0.416 e. The summed E-state index contributed by atoms with van der Waals surface area (Å²) in [5, 5.41) is 0. The molecule has 0 aliphatic rings. The van der Waals surface area contributed by atoms with E-state index >= 15 is 0 Å². The van der Waals surface area contributed by atoms with Crippen molar-refractivity contribution >= 4 is 0 Å². The summed E-state index contributed by atoms with van der Waals surface area (Å²) in [5.74, 6) is 2.38. The fourth-order valence-corrected chi connectivity index (χ4v) is 1.67. The van der Waals surface area contributed by atoms with Gasteiger partial charge in [0.15, 0.2) is 0 Å². The van der Waals surface area contributed by atoms with Gasteiger partial charge in [0.25, 0.3) is 0 Å². The molecule has 0 heterocycles. The normalized spacial score (nSPS) is 10.9. The van der Waals surface area contributed by atoms with Crippen LogP contribution in [0, 0.1) is 12.3 Å². The van der Waals surface area contributed by atoms with E-state index in [4.69, 9.17) is 11.2 Å². The minimum Gasteiger partial charge on any atom is -0.488 e. The van der Waals surface area contributed by atoms with Crippen LogP contribution in [-0.4, -0.2) is 0 Å². The van der Waals surface area contributed by atoms with Gasteiger partial charge in [0, 0.05) is 0 Å². The molecule has 2 aromatic rings. The van der Waals surface area contributed by atoms with E-state index < -0.39 is 11.7 Å². The molecule has 2 aromatic carbocycles. The quantitative estimate of drug-likeness (QED) is 0.761. The Balaban J connectivity index is 2.24. The number of rotatable bonds is 3. The summed E-state index contributed by atoms with van der Waals surface area (Å²) in [7, 11) is 0. The Labute approximate surface area is 115 Å². The summed E-state index contributed by atoms with van der Waals surface area (Å²) in [6.07, 6.45) is 0.849. The van der Waals surface area contributed by atoms with Crippen molar-refractivity contribution in [3.05, 3.63) is 65.2 Å². The molecule has 0 spiro atoms. The molecule has 1 nitrogen and oxygen atoms in total. The van der Waals surface area contributed by atoms with Crippen LogP contribution in [0.25, 0.3) is 0 Å². The van der Waals surface area contributed by atoms with Gasteiger partial charge in [0.1, 0.15) is 12.4 Å². The first-order valence-corrected chi connectivity index (χ1v) is 5.85. The molecular weight excluding hydrogens is 265 g/mol. The number of hydrogen-bond acceptors (Lipinski definition) is 1. The van der Waals surface area contributed by atoms with Crippen LogP contribution in [0.1, 0.15) is 16.7 Å². The number of benzene rings is 2. The molecule has 0 atom stereocenters. The molecular formula is C16H11F3O. The third kappa shape index (κ3) is 3.33. The lowest BCUT2D eigenvalue weighted by atomic mass is 10.1. The van der Waals surface area contributed by atoms with Gasteiger partial charge in [-0.2, -0.15) is 13.2 Å². The maximum Gasteiger partial charge on any atom is 0.416 e. The maximum atomic E-state index is 12.7. The molecule has 0 aliphatic carbocycles. The van der Waals surface area contributed by atoms with Crippen LogP contribution < -0.4 is 4.74 Å². The Morgan fingerprint density at radius 3 is 2.35 bits per heavy atom. The Bertz CT molecular complexity index is 624. The first-order chi connectivity index (χ1) is 9.50. The monoisotopic (exact) mass is 276 g/mol. The van der Waals surface area contributed by atoms with E-state index in [0.717, 1.165) is 17.7 Å². The zero-order valence-electron chi connectivity index (χ0n) is 10.4. The van der Waals surface area contributed by atoms with Gasteiger partial charge in [0.05, 0.1) is 11.1 Å². The van der Waals surface area contributed by atoms with Crippen molar-refractivity contribution in [1.82, 2.24) is 0 Å². The van der Waals surface area contributed by atoms with E-state index in [1.54, 1.807) is 0 Å². The average Bonchev–Trinajstić information content (AvgIpc) is 2.45. The molecule has 0 saturated heterocycles. The van der Waals surface area contributed by atoms with Gasteiger partial charge in [-0.15, -0.1) is 6.42 Å². The molecule has 0 bridgehead atoms. The highest BCUT2D eigenvalue weighted by Gasteiger charge is 2.31. The molecule has 20 heavy (non-hydrogen) atoms. The van der Waals surface area contributed by atoms with E-state index in [9.17, 15) is 13.2 Å². The van der Waals surface area contributed by atoms with E-state index in [1.807, 2.05) is 30.3 Å². The molecule has 0 radical (unpaired) electrons. The fraction of sp³-hybridized carbons (Fsp3) is 0.125. The number of alkyl halides is 3. The molecule has 4 heteroatoms. The van der Waals surface area contributed by atoms with Gasteiger partial charge in [-0.05, 0) is 23.8 Å². The Morgan fingerprint density at radius 2 is 1.75 bits per heavy atom. The summed E-state index contributed by atoms with van der Waals surface area (Å²) < 4.78 is 43.4. The zero-order chi connectivity index (χ0) is 14.6. The largest absolute Gasteiger partial charge is 0.488 e. The van der Waals surface area contributed by atoms with Gasteiger partial charge in [-0.1, -0.05) is 36.3 Å². The van der Waals surface area contributed by atoms with Gasteiger partial charge in [-0.25, -0.2) is 0 Å². The molecule has 102 valence electrons. The molecule has 2 rings (SSSR count). The first kappa shape index (κ1) is 14.0. The highest BCUT2D eigenvalue weighted by Crippen LogP contribution is 2.33. The minimum absolute atomic E-state index is 0.0613. The lowest BCUT2D eigenvalue weighted by Crippen LogP contribution is -2.06. The summed E-state index contributed by atoms with van der Waals surface area (Å²) >= 11 is 0. The molecule has 0 saturated carbocycles. The number of terminal acetylenes is 1. The zero-order valence-corrected chi connectivity index (χ0v) is 10.4. The van der Waals surface area contributed by atoms with E-state index in [2.05, 4.69) is 5.92 Å². The van der Waals surface area contributed by atoms with E-state index in [-0.39, 0.29) is 12.4 Å². The fourth-order valence-electron chi connectivity index (χ4n) is 1.67. The van der Waals surface area contributed by atoms with Crippen LogP contribution in [0.2, 0.25) is 0 Å². The molecule has 0 aromatic heterocycles. The first-order valence-electron chi connectivity index (χ1n) is 5.85. The average molecular weight is 276 g/mol. The Hall–Kier alpha value is -2.41. The second-order valence-corrected chi connectivity index (χ2v) is 4.13. The SMILES string of the molecule is C#Cc1ccc(C(F)(F)F)cc1OCc1ccccc1. The molecule has 0 N–H and O–H groups in total. The van der Waals surface area contributed by atoms with E-state index in [0.29, 0.717) is 5.56 Å². The van der Waals surface area contributed by atoms with Crippen molar-refractivity contribution in [3.8, 4) is 18.1 Å². The number of ether oxygens (including phenoxy) is 1.